The van der Waals surface area contributed by atoms with Crippen molar-refractivity contribution in [2.24, 2.45) is 0 Å². The number of nitrogens with zero attached hydrogens (tertiary/aromatic N) is 4. The number of rotatable bonds is 3. The van der Waals surface area contributed by atoms with Crippen LogP contribution in [0.2, 0.25) is 0 Å². The van der Waals surface area contributed by atoms with Gasteiger partial charge in [-0.05, 0) is 44.9 Å². The van der Waals surface area contributed by atoms with Gasteiger partial charge in [-0.25, -0.2) is 4.98 Å². The molecule has 4 rings (SSSR count). The maximum atomic E-state index is 13.2. The number of aryl methyl sites for hydroxylation is 1. The van der Waals surface area contributed by atoms with Crippen LogP contribution in [0.5, 0.6) is 0 Å². The lowest BCUT2D eigenvalue weighted by Crippen LogP contribution is -2.44. The Morgan fingerprint density at radius 3 is 2.85 bits per heavy atom. The van der Waals surface area contributed by atoms with Gasteiger partial charge in [-0.3, -0.25) is 10.1 Å². The Hall–Kier alpha value is -2.24. The largest absolute Gasteiger partial charge is 0.377 e. The van der Waals surface area contributed by atoms with Crippen LogP contribution in [0.4, 0.5) is 5.82 Å². The lowest BCUT2D eigenvalue weighted by atomic mass is 10.1. The summed E-state index contributed by atoms with van der Waals surface area (Å²) < 4.78 is 18.8. The molecule has 1 fully saturated rings. The van der Waals surface area contributed by atoms with Crippen molar-refractivity contribution in [3.05, 3.63) is 30.1 Å². The van der Waals surface area contributed by atoms with Gasteiger partial charge in [0.2, 0.25) is 0 Å². The first-order valence-corrected chi connectivity index (χ1v) is 11.7. The quantitative estimate of drug-likeness (QED) is 0.698. The van der Waals surface area contributed by atoms with Crippen molar-refractivity contribution in [1.29, 1.82) is 0 Å². The van der Waals surface area contributed by atoms with Gasteiger partial charge in [0.15, 0.2) is 0 Å². The van der Waals surface area contributed by atoms with Crippen LogP contribution in [-0.4, -0.2) is 59.3 Å². The Morgan fingerprint density at radius 2 is 2.19 bits per heavy atom. The summed E-state index contributed by atoms with van der Waals surface area (Å²) in [5, 5.41) is 8.80. The second kappa shape index (κ2) is 6.73. The summed E-state index contributed by atoms with van der Waals surface area (Å²) in [5.41, 5.74) is 3.26. The summed E-state index contributed by atoms with van der Waals surface area (Å²) in [6.07, 6.45) is 3.51. The first-order chi connectivity index (χ1) is 12.9. The SMILES string of the molecule is Cc1cnc(-c2ccn[nH]2)c2nc(N3CCOC[C@H]3C)cc(P(C)(C)=O)c12. The number of fused-ring (bicyclic) bond motifs is 1. The van der Waals surface area contributed by atoms with Gasteiger partial charge in [0, 0.05) is 29.6 Å². The van der Waals surface area contributed by atoms with E-state index >= 15 is 0 Å². The smallest absolute Gasteiger partial charge is 0.130 e. The number of nitrogens with one attached hydrogen (secondary N) is 1. The van der Waals surface area contributed by atoms with Crippen molar-refractivity contribution in [2.75, 3.05) is 38.0 Å². The first kappa shape index (κ1) is 18.1. The molecule has 4 heterocycles. The first-order valence-electron chi connectivity index (χ1n) is 9.06. The van der Waals surface area contributed by atoms with Crippen molar-refractivity contribution in [3.63, 3.8) is 0 Å². The third-order valence-corrected chi connectivity index (χ3v) is 6.50. The molecule has 1 atom stereocenters. The number of hydrogen-bond acceptors (Lipinski definition) is 6. The highest BCUT2D eigenvalue weighted by Gasteiger charge is 2.26. The predicted molar refractivity (Wildman–Crippen MR) is 109 cm³/mol. The molecule has 8 heteroatoms. The summed E-state index contributed by atoms with van der Waals surface area (Å²) in [7, 11) is -2.54. The summed E-state index contributed by atoms with van der Waals surface area (Å²) in [6.45, 7) is 9.80. The summed E-state index contributed by atoms with van der Waals surface area (Å²) in [5.74, 6) is 0.824. The minimum Gasteiger partial charge on any atom is -0.377 e. The van der Waals surface area contributed by atoms with Crippen molar-refractivity contribution in [3.8, 4) is 11.4 Å². The standard InChI is InChI=1S/C19H24N5O2P/c1-12-10-20-18(14-5-6-21-23-14)19-17(12)15(27(3,4)25)9-16(22-19)24-7-8-26-11-13(24)2/h5-6,9-10,13H,7-8,11H2,1-4H3,(H,21,23)/t13-/m1/s1. The Labute approximate surface area is 158 Å². The molecule has 0 spiro atoms. The van der Waals surface area contributed by atoms with Crippen LogP contribution in [0.1, 0.15) is 12.5 Å². The van der Waals surface area contributed by atoms with Crippen molar-refractivity contribution in [1.82, 2.24) is 20.2 Å². The zero-order chi connectivity index (χ0) is 19.2. The van der Waals surface area contributed by atoms with Crippen LogP contribution >= 0.6 is 7.14 Å². The van der Waals surface area contributed by atoms with Crippen LogP contribution in [0.15, 0.2) is 24.5 Å². The minimum atomic E-state index is -2.54. The van der Waals surface area contributed by atoms with Gasteiger partial charge in [-0.1, -0.05) is 0 Å². The zero-order valence-corrected chi connectivity index (χ0v) is 17.0. The van der Waals surface area contributed by atoms with Gasteiger partial charge in [0.25, 0.3) is 0 Å². The van der Waals surface area contributed by atoms with Gasteiger partial charge in [0.05, 0.1) is 24.9 Å². The summed E-state index contributed by atoms with van der Waals surface area (Å²) >= 11 is 0. The molecule has 0 radical (unpaired) electrons. The second-order valence-electron chi connectivity index (χ2n) is 7.45. The summed E-state index contributed by atoms with van der Waals surface area (Å²) in [6, 6.07) is 4.08. The zero-order valence-electron chi connectivity index (χ0n) is 16.1. The molecule has 0 unspecified atom stereocenters. The maximum absolute atomic E-state index is 13.2. The van der Waals surface area contributed by atoms with Crippen molar-refractivity contribution in [2.45, 2.75) is 19.9 Å². The fourth-order valence-electron chi connectivity index (χ4n) is 3.59. The van der Waals surface area contributed by atoms with E-state index in [9.17, 15) is 4.57 Å². The van der Waals surface area contributed by atoms with Gasteiger partial charge in [-0.2, -0.15) is 5.10 Å². The molecule has 3 aromatic heterocycles. The minimum absolute atomic E-state index is 0.207. The van der Waals surface area contributed by atoms with E-state index in [0.717, 1.165) is 45.5 Å². The van der Waals surface area contributed by atoms with Crippen LogP contribution in [-0.2, 0) is 9.30 Å². The Kier molecular flexibility index (Phi) is 4.52. The van der Waals surface area contributed by atoms with Crippen LogP contribution in [0.3, 0.4) is 0 Å². The Balaban J connectivity index is 2.04. The lowest BCUT2D eigenvalue weighted by molar-refractivity contribution is 0.0986. The third kappa shape index (κ3) is 3.26. The van der Waals surface area contributed by atoms with Crippen LogP contribution < -0.4 is 10.2 Å². The maximum Gasteiger partial charge on any atom is 0.130 e. The highest BCUT2D eigenvalue weighted by molar-refractivity contribution is 7.70. The molecule has 27 heavy (non-hydrogen) atoms. The molecule has 142 valence electrons. The molecule has 7 nitrogen and oxygen atoms in total. The molecule has 1 aliphatic rings. The van der Waals surface area contributed by atoms with Gasteiger partial charge in [0.1, 0.15) is 24.2 Å². The van der Waals surface area contributed by atoms with E-state index in [2.05, 4.69) is 27.0 Å². The van der Waals surface area contributed by atoms with Crippen LogP contribution in [0, 0.1) is 6.92 Å². The molecule has 1 N–H and O–H groups in total. The highest BCUT2D eigenvalue weighted by atomic mass is 31.2. The highest BCUT2D eigenvalue weighted by Crippen LogP contribution is 2.41. The van der Waals surface area contributed by atoms with E-state index in [-0.39, 0.29) is 6.04 Å². The molecule has 0 aromatic carbocycles. The molecule has 1 saturated heterocycles. The van der Waals surface area contributed by atoms with E-state index in [1.54, 1.807) is 6.20 Å². The lowest BCUT2D eigenvalue weighted by Gasteiger charge is -2.35. The number of pyridine rings is 2. The molecule has 0 saturated carbocycles. The fourth-order valence-corrected chi connectivity index (χ4v) is 4.84. The molecule has 0 bridgehead atoms. The van der Waals surface area contributed by atoms with E-state index in [1.165, 1.54) is 0 Å². The van der Waals surface area contributed by atoms with E-state index < -0.39 is 7.14 Å². The predicted octanol–water partition coefficient (Wildman–Crippen LogP) is 2.80. The summed E-state index contributed by atoms with van der Waals surface area (Å²) in [4.78, 5) is 11.8. The number of ether oxygens (including phenoxy) is 1. The Bertz CT molecular complexity index is 1030. The molecular formula is C19H24N5O2P. The topological polar surface area (TPSA) is 84.0 Å². The second-order valence-corrected chi connectivity index (χ2v) is 10.6. The monoisotopic (exact) mass is 385 g/mol. The molecule has 0 aliphatic carbocycles. The molecule has 1 aliphatic heterocycles. The number of morpholine rings is 1. The van der Waals surface area contributed by atoms with E-state index in [1.807, 2.05) is 38.6 Å². The van der Waals surface area contributed by atoms with Crippen molar-refractivity contribution >= 4 is 29.2 Å². The van der Waals surface area contributed by atoms with Crippen LogP contribution in [0.25, 0.3) is 22.3 Å². The van der Waals surface area contributed by atoms with Crippen molar-refractivity contribution < 1.29 is 9.30 Å². The number of anilines is 1. The third-order valence-electron chi connectivity index (χ3n) is 4.99. The number of H-pyrrole nitrogens is 1. The van der Waals surface area contributed by atoms with Gasteiger partial charge in [-0.15, -0.1) is 0 Å². The van der Waals surface area contributed by atoms with Gasteiger partial charge >= 0.3 is 0 Å². The Morgan fingerprint density at radius 1 is 1.37 bits per heavy atom. The average molecular weight is 385 g/mol. The van der Waals surface area contributed by atoms with Gasteiger partial charge < -0.3 is 14.2 Å². The number of aromatic nitrogens is 4. The number of hydrogen-bond donors (Lipinski definition) is 1. The molecule has 0 amide bonds. The average Bonchev–Trinajstić information content (AvgIpc) is 3.15. The van der Waals surface area contributed by atoms with E-state index in [0.29, 0.717) is 13.2 Å². The van der Waals surface area contributed by atoms with E-state index in [4.69, 9.17) is 9.72 Å². The number of aromatic amines is 1. The molecule has 3 aromatic rings. The fraction of sp³-hybridized carbons (Fsp3) is 0.421. The normalized spacial score (nSPS) is 18.2. The molecular weight excluding hydrogens is 361 g/mol.